The minimum atomic E-state index is -0.465. The first-order valence-corrected chi connectivity index (χ1v) is 6.99. The first kappa shape index (κ1) is 16.6. The highest BCUT2D eigenvalue weighted by molar-refractivity contribution is 6.08. The Kier molecular flexibility index (Phi) is 5.43. The molecule has 6 heteroatoms. The third-order valence-corrected chi connectivity index (χ3v) is 3.46. The van der Waals surface area contributed by atoms with Crippen LogP contribution in [-0.2, 0) is 14.3 Å². The van der Waals surface area contributed by atoms with Crippen LogP contribution in [0.15, 0.2) is 53.8 Å². The molecule has 0 N–H and O–H groups in total. The lowest BCUT2D eigenvalue weighted by Crippen LogP contribution is -2.16. The van der Waals surface area contributed by atoms with E-state index in [0.717, 1.165) is 0 Å². The molecule has 0 spiro atoms. The van der Waals surface area contributed by atoms with Gasteiger partial charge in [-0.2, -0.15) is 0 Å². The molecule has 1 atom stereocenters. The summed E-state index contributed by atoms with van der Waals surface area (Å²) in [5.74, 6) is 0.506. The molecule has 1 aliphatic rings. The van der Waals surface area contributed by atoms with Crippen molar-refractivity contribution in [2.75, 3.05) is 14.2 Å². The lowest BCUT2D eigenvalue weighted by Gasteiger charge is -2.18. The fourth-order valence-electron chi connectivity index (χ4n) is 2.16. The van der Waals surface area contributed by atoms with E-state index >= 15 is 0 Å². The summed E-state index contributed by atoms with van der Waals surface area (Å²) in [5, 5.41) is 10.6. The number of ketones is 1. The first-order chi connectivity index (χ1) is 11.0. The van der Waals surface area contributed by atoms with E-state index < -0.39 is 4.92 Å². The third kappa shape index (κ3) is 4.37. The molecular formula is C17H17NO5. The molecule has 0 fully saturated rings. The molecular weight excluding hydrogens is 298 g/mol. The molecule has 0 saturated carbocycles. The van der Waals surface area contributed by atoms with Gasteiger partial charge in [0.2, 0.25) is 0 Å². The zero-order chi connectivity index (χ0) is 16.8. The number of non-ortho nitro benzene ring substituents is 1. The normalized spacial score (nSPS) is 17.6. The number of benzene rings is 1. The molecule has 0 radical (unpaired) electrons. The van der Waals surface area contributed by atoms with Crippen molar-refractivity contribution < 1.29 is 19.2 Å². The fraction of sp³-hybridized carbons (Fsp3) is 0.235. The van der Waals surface area contributed by atoms with E-state index in [0.29, 0.717) is 23.3 Å². The van der Waals surface area contributed by atoms with Gasteiger partial charge in [-0.1, -0.05) is 6.08 Å². The van der Waals surface area contributed by atoms with Crippen LogP contribution in [0.1, 0.15) is 12.0 Å². The summed E-state index contributed by atoms with van der Waals surface area (Å²) < 4.78 is 10.5. The Morgan fingerprint density at radius 2 is 2.00 bits per heavy atom. The van der Waals surface area contributed by atoms with Gasteiger partial charge in [0.15, 0.2) is 5.78 Å². The van der Waals surface area contributed by atoms with Crippen molar-refractivity contribution in [2.24, 2.45) is 0 Å². The summed E-state index contributed by atoms with van der Waals surface area (Å²) in [4.78, 5) is 22.4. The van der Waals surface area contributed by atoms with Crippen molar-refractivity contribution in [2.45, 2.75) is 12.5 Å². The summed E-state index contributed by atoms with van der Waals surface area (Å²) in [6.07, 6.45) is 6.89. The molecule has 0 aliphatic heterocycles. The highest BCUT2D eigenvalue weighted by Gasteiger charge is 2.18. The number of hydrogen-bond acceptors (Lipinski definition) is 5. The van der Waals surface area contributed by atoms with Crippen LogP contribution in [0.3, 0.4) is 0 Å². The van der Waals surface area contributed by atoms with Gasteiger partial charge in [-0.15, -0.1) is 0 Å². The Balaban J connectivity index is 2.12. The van der Waals surface area contributed by atoms with E-state index in [1.807, 2.05) is 0 Å². The number of carbonyl (C=O) groups is 1. The predicted molar refractivity (Wildman–Crippen MR) is 85.7 cm³/mol. The molecule has 0 bridgehead atoms. The molecule has 1 aromatic rings. The molecule has 0 heterocycles. The molecule has 1 aromatic carbocycles. The van der Waals surface area contributed by atoms with Crippen LogP contribution in [-0.4, -0.2) is 31.0 Å². The van der Waals surface area contributed by atoms with Crippen molar-refractivity contribution in [3.05, 3.63) is 69.5 Å². The number of methoxy groups -OCH3 is 2. The van der Waals surface area contributed by atoms with Crippen molar-refractivity contribution in [1.82, 2.24) is 0 Å². The molecule has 6 nitrogen and oxygen atoms in total. The number of hydrogen-bond donors (Lipinski definition) is 0. The molecule has 2 rings (SSSR count). The molecule has 1 aliphatic carbocycles. The van der Waals surface area contributed by atoms with Crippen LogP contribution < -0.4 is 0 Å². The van der Waals surface area contributed by atoms with Gasteiger partial charge in [0.05, 0.1) is 23.9 Å². The minimum absolute atomic E-state index is 0.0130. The monoisotopic (exact) mass is 315 g/mol. The Morgan fingerprint density at radius 1 is 1.30 bits per heavy atom. The van der Waals surface area contributed by atoms with Gasteiger partial charge in [0.1, 0.15) is 0 Å². The Morgan fingerprint density at radius 3 is 2.57 bits per heavy atom. The number of nitro groups is 1. The average molecular weight is 315 g/mol. The van der Waals surface area contributed by atoms with Crippen LogP contribution >= 0.6 is 0 Å². The van der Waals surface area contributed by atoms with Gasteiger partial charge < -0.3 is 9.47 Å². The van der Waals surface area contributed by atoms with Crippen LogP contribution in [0.25, 0.3) is 6.08 Å². The van der Waals surface area contributed by atoms with E-state index in [2.05, 4.69) is 0 Å². The largest absolute Gasteiger partial charge is 0.501 e. The summed E-state index contributed by atoms with van der Waals surface area (Å²) >= 11 is 0. The van der Waals surface area contributed by atoms with E-state index in [1.165, 1.54) is 18.2 Å². The minimum Gasteiger partial charge on any atom is -0.501 e. The second-order valence-electron chi connectivity index (χ2n) is 4.96. The fourth-order valence-corrected chi connectivity index (χ4v) is 2.16. The lowest BCUT2D eigenvalue weighted by molar-refractivity contribution is -0.384. The molecule has 0 aromatic heterocycles. The third-order valence-electron chi connectivity index (χ3n) is 3.46. The molecule has 23 heavy (non-hydrogen) atoms. The Bertz CT molecular complexity index is 685. The number of carbonyl (C=O) groups excluding carboxylic acids is 1. The zero-order valence-corrected chi connectivity index (χ0v) is 12.9. The second kappa shape index (κ2) is 7.51. The van der Waals surface area contributed by atoms with Crippen LogP contribution in [0, 0.1) is 10.1 Å². The van der Waals surface area contributed by atoms with Gasteiger partial charge in [0.25, 0.3) is 5.69 Å². The van der Waals surface area contributed by atoms with Crippen LogP contribution in [0.4, 0.5) is 5.69 Å². The van der Waals surface area contributed by atoms with Gasteiger partial charge in [0, 0.05) is 31.2 Å². The second-order valence-corrected chi connectivity index (χ2v) is 4.96. The maximum Gasteiger partial charge on any atom is 0.269 e. The summed E-state index contributed by atoms with van der Waals surface area (Å²) in [6.45, 7) is 0. The zero-order valence-electron chi connectivity index (χ0n) is 12.9. The maximum absolute atomic E-state index is 12.3. The molecule has 0 amide bonds. The SMILES string of the molecule is COC1=CC(C(=O)/C=C/c2ccc([N+](=O)[O-])cc2)=CC(OC)C1. The topological polar surface area (TPSA) is 78.7 Å². The van der Waals surface area contributed by atoms with Gasteiger partial charge >= 0.3 is 0 Å². The van der Waals surface area contributed by atoms with Crippen molar-refractivity contribution in [3.63, 3.8) is 0 Å². The number of rotatable bonds is 6. The smallest absolute Gasteiger partial charge is 0.269 e. The van der Waals surface area contributed by atoms with Crippen LogP contribution in [0.5, 0.6) is 0 Å². The van der Waals surface area contributed by atoms with E-state index in [4.69, 9.17) is 9.47 Å². The molecule has 0 saturated heterocycles. The van der Waals surface area contributed by atoms with Gasteiger partial charge in [-0.05, 0) is 35.9 Å². The number of nitrogens with zero attached hydrogens (tertiary/aromatic N) is 1. The quantitative estimate of drug-likeness (QED) is 0.458. The average Bonchev–Trinajstić information content (AvgIpc) is 2.59. The summed E-state index contributed by atoms with van der Waals surface area (Å²) in [6, 6.07) is 5.97. The lowest BCUT2D eigenvalue weighted by atomic mass is 9.99. The van der Waals surface area contributed by atoms with E-state index in [9.17, 15) is 14.9 Å². The van der Waals surface area contributed by atoms with Crippen molar-refractivity contribution in [1.29, 1.82) is 0 Å². The summed E-state index contributed by atoms with van der Waals surface area (Å²) in [5.41, 5.74) is 1.22. The molecule has 1 unspecified atom stereocenters. The first-order valence-electron chi connectivity index (χ1n) is 6.99. The number of allylic oxidation sites excluding steroid dienone is 3. The Labute approximate surface area is 133 Å². The van der Waals surface area contributed by atoms with Crippen molar-refractivity contribution >= 4 is 17.5 Å². The highest BCUT2D eigenvalue weighted by Crippen LogP contribution is 2.21. The number of ether oxygens (including phenoxy) is 2. The Hall–Kier alpha value is -2.73. The van der Waals surface area contributed by atoms with E-state index in [1.54, 1.807) is 44.6 Å². The highest BCUT2D eigenvalue weighted by atomic mass is 16.6. The number of nitro benzene ring substituents is 1. The van der Waals surface area contributed by atoms with Gasteiger partial charge in [-0.25, -0.2) is 0 Å². The standard InChI is InChI=1S/C17H17NO5/c1-22-15-9-13(10-16(11-15)23-2)17(19)8-5-12-3-6-14(7-4-12)18(20)21/h3-10,15H,11H2,1-2H3/b8-5+. The summed E-state index contributed by atoms with van der Waals surface area (Å²) in [7, 11) is 3.13. The molecule has 120 valence electrons. The van der Waals surface area contributed by atoms with E-state index in [-0.39, 0.29) is 17.6 Å². The van der Waals surface area contributed by atoms with Gasteiger partial charge in [-0.3, -0.25) is 14.9 Å². The predicted octanol–water partition coefficient (Wildman–Crippen LogP) is 3.05. The van der Waals surface area contributed by atoms with Crippen molar-refractivity contribution in [3.8, 4) is 0 Å². The maximum atomic E-state index is 12.3. The van der Waals surface area contributed by atoms with Crippen LogP contribution in [0.2, 0.25) is 0 Å².